The van der Waals surface area contributed by atoms with Crippen molar-refractivity contribution in [2.45, 2.75) is 6.92 Å². The van der Waals surface area contributed by atoms with Crippen LogP contribution in [0.3, 0.4) is 0 Å². The molecule has 0 bridgehead atoms. The molecule has 3 N–H and O–H groups in total. The largest absolute Gasteiger partial charge is 0.409 e. The Bertz CT molecular complexity index is 434. The maximum Gasteiger partial charge on any atom is 0.254 e. The van der Waals surface area contributed by atoms with Crippen molar-refractivity contribution >= 4 is 34.3 Å². The van der Waals surface area contributed by atoms with Crippen molar-refractivity contribution < 1.29 is 10.0 Å². The third kappa shape index (κ3) is 3.88. The minimum absolute atomic E-state index is 0.0193. The van der Waals surface area contributed by atoms with Crippen molar-refractivity contribution in [3.8, 4) is 0 Å². The van der Waals surface area contributed by atoms with E-state index in [0.29, 0.717) is 12.1 Å². The molecular formula is C11H14IN3O2. The predicted octanol–water partition coefficient (Wildman–Crippen LogP) is 1.50. The molecule has 0 saturated carbocycles. The minimum Gasteiger partial charge on any atom is -0.409 e. The van der Waals surface area contributed by atoms with E-state index in [2.05, 4.69) is 27.7 Å². The van der Waals surface area contributed by atoms with Crippen LogP contribution in [-0.4, -0.2) is 34.9 Å². The Morgan fingerprint density at radius 2 is 2.29 bits per heavy atom. The second-order valence-corrected chi connectivity index (χ2v) is 4.67. The minimum atomic E-state index is -0.127. The molecule has 0 fully saturated rings. The number of benzene rings is 1. The summed E-state index contributed by atoms with van der Waals surface area (Å²) in [6, 6.07) is 7.29. The first kappa shape index (κ1) is 13.8. The first-order valence-corrected chi connectivity index (χ1v) is 6.17. The third-order valence-electron chi connectivity index (χ3n) is 2.22. The Hall–Kier alpha value is -1.31. The lowest BCUT2D eigenvalue weighted by Crippen LogP contribution is -2.38. The van der Waals surface area contributed by atoms with Crippen LogP contribution in [0.1, 0.15) is 17.3 Å². The molecule has 0 aliphatic rings. The summed E-state index contributed by atoms with van der Waals surface area (Å²) in [7, 11) is 0. The number of likely N-dealkylation sites (N-methyl/N-ethyl adjacent to an activating group) is 1. The van der Waals surface area contributed by atoms with E-state index in [1.807, 2.05) is 19.1 Å². The third-order valence-corrected chi connectivity index (χ3v) is 2.89. The van der Waals surface area contributed by atoms with Gasteiger partial charge in [0.2, 0.25) is 0 Å². The van der Waals surface area contributed by atoms with Gasteiger partial charge in [-0.05, 0) is 47.7 Å². The van der Waals surface area contributed by atoms with Crippen LogP contribution >= 0.6 is 22.6 Å². The normalized spacial score (nSPS) is 11.3. The summed E-state index contributed by atoms with van der Waals surface area (Å²) in [6.45, 7) is 2.47. The summed E-state index contributed by atoms with van der Waals surface area (Å²) in [4.78, 5) is 13.6. The topological polar surface area (TPSA) is 78.9 Å². The zero-order valence-electron chi connectivity index (χ0n) is 9.43. The van der Waals surface area contributed by atoms with Crippen LogP contribution in [0.2, 0.25) is 0 Å². The van der Waals surface area contributed by atoms with Crippen molar-refractivity contribution in [1.82, 2.24) is 4.90 Å². The van der Waals surface area contributed by atoms with Gasteiger partial charge in [-0.25, -0.2) is 0 Å². The van der Waals surface area contributed by atoms with Gasteiger partial charge in [0.1, 0.15) is 0 Å². The van der Waals surface area contributed by atoms with Gasteiger partial charge >= 0.3 is 0 Å². The number of hydrogen-bond acceptors (Lipinski definition) is 3. The zero-order valence-corrected chi connectivity index (χ0v) is 11.6. The number of carbonyl (C=O) groups excluding carboxylic acids is 1. The van der Waals surface area contributed by atoms with Gasteiger partial charge in [0.15, 0.2) is 5.84 Å². The van der Waals surface area contributed by atoms with E-state index in [-0.39, 0.29) is 18.3 Å². The average molecular weight is 347 g/mol. The lowest BCUT2D eigenvalue weighted by molar-refractivity contribution is 0.0786. The van der Waals surface area contributed by atoms with Gasteiger partial charge in [-0.2, -0.15) is 0 Å². The maximum atomic E-state index is 12.1. The highest BCUT2D eigenvalue weighted by molar-refractivity contribution is 14.1. The number of hydrogen-bond donors (Lipinski definition) is 2. The Labute approximate surface area is 113 Å². The molecule has 1 rings (SSSR count). The Balaban J connectivity index is 2.86. The molecule has 1 aromatic rings. The Morgan fingerprint density at radius 1 is 1.59 bits per heavy atom. The summed E-state index contributed by atoms with van der Waals surface area (Å²) in [5.74, 6) is -0.108. The molecular weight excluding hydrogens is 333 g/mol. The molecule has 5 nitrogen and oxygen atoms in total. The van der Waals surface area contributed by atoms with Gasteiger partial charge in [0.05, 0.1) is 6.54 Å². The van der Waals surface area contributed by atoms with Gasteiger partial charge in [0.25, 0.3) is 5.91 Å². The van der Waals surface area contributed by atoms with Crippen LogP contribution in [0, 0.1) is 3.57 Å². The average Bonchev–Trinajstić information content (AvgIpc) is 2.34. The highest BCUT2D eigenvalue weighted by atomic mass is 127. The first-order valence-electron chi connectivity index (χ1n) is 5.09. The SMILES string of the molecule is CCN(CC(N)=NO)C(=O)c1cccc(I)c1. The fraction of sp³-hybridized carbons (Fsp3) is 0.273. The molecule has 0 radical (unpaired) electrons. The predicted molar refractivity (Wildman–Crippen MR) is 74.1 cm³/mol. The van der Waals surface area contributed by atoms with E-state index >= 15 is 0 Å². The molecule has 0 aliphatic carbocycles. The number of oxime groups is 1. The highest BCUT2D eigenvalue weighted by Crippen LogP contribution is 2.10. The molecule has 0 spiro atoms. The van der Waals surface area contributed by atoms with Gasteiger partial charge in [-0.1, -0.05) is 11.2 Å². The number of nitrogens with two attached hydrogens (primary N) is 1. The molecule has 0 unspecified atom stereocenters. The van der Waals surface area contributed by atoms with Crippen LogP contribution in [0.4, 0.5) is 0 Å². The Morgan fingerprint density at radius 3 is 2.82 bits per heavy atom. The number of carbonyl (C=O) groups is 1. The first-order chi connectivity index (χ1) is 8.08. The fourth-order valence-electron chi connectivity index (χ4n) is 1.36. The molecule has 92 valence electrons. The summed E-state index contributed by atoms with van der Waals surface area (Å²) in [6.07, 6.45) is 0. The van der Waals surface area contributed by atoms with Crippen LogP contribution in [0.5, 0.6) is 0 Å². The van der Waals surface area contributed by atoms with Crippen molar-refractivity contribution in [3.05, 3.63) is 33.4 Å². The molecule has 0 aromatic heterocycles. The number of nitrogens with zero attached hydrogens (tertiary/aromatic N) is 2. The highest BCUT2D eigenvalue weighted by Gasteiger charge is 2.15. The van der Waals surface area contributed by atoms with E-state index in [1.54, 1.807) is 12.1 Å². The van der Waals surface area contributed by atoms with Crippen molar-refractivity contribution in [1.29, 1.82) is 0 Å². The van der Waals surface area contributed by atoms with Gasteiger partial charge in [-0.15, -0.1) is 0 Å². The summed E-state index contributed by atoms with van der Waals surface area (Å²) >= 11 is 2.15. The number of rotatable bonds is 4. The Kier molecular flexibility index (Phi) is 5.20. The second-order valence-electron chi connectivity index (χ2n) is 3.42. The number of amidine groups is 1. The van der Waals surface area contributed by atoms with E-state index in [0.717, 1.165) is 3.57 Å². The van der Waals surface area contributed by atoms with Crippen LogP contribution in [-0.2, 0) is 0 Å². The maximum absolute atomic E-state index is 12.1. The van der Waals surface area contributed by atoms with Gasteiger partial charge in [-0.3, -0.25) is 4.79 Å². The standard InChI is InChI=1S/C11H14IN3O2/c1-2-15(7-10(13)14-17)11(16)8-4-3-5-9(12)6-8/h3-6,17H,2,7H2,1H3,(H2,13,14). The summed E-state index contributed by atoms with van der Waals surface area (Å²) in [5.41, 5.74) is 6.00. The lowest BCUT2D eigenvalue weighted by Gasteiger charge is -2.20. The molecule has 17 heavy (non-hydrogen) atoms. The van der Waals surface area contributed by atoms with E-state index in [1.165, 1.54) is 4.90 Å². The molecule has 1 aromatic carbocycles. The van der Waals surface area contributed by atoms with Crippen LogP contribution < -0.4 is 5.73 Å². The fourth-order valence-corrected chi connectivity index (χ4v) is 1.90. The van der Waals surface area contributed by atoms with E-state index in [4.69, 9.17) is 10.9 Å². The molecule has 0 saturated heterocycles. The van der Waals surface area contributed by atoms with E-state index in [9.17, 15) is 4.79 Å². The van der Waals surface area contributed by atoms with Crippen molar-refractivity contribution in [2.24, 2.45) is 10.9 Å². The van der Waals surface area contributed by atoms with Crippen molar-refractivity contribution in [3.63, 3.8) is 0 Å². The molecule has 6 heteroatoms. The van der Waals surface area contributed by atoms with Crippen LogP contribution in [0.15, 0.2) is 29.4 Å². The van der Waals surface area contributed by atoms with Crippen molar-refractivity contribution in [2.75, 3.05) is 13.1 Å². The summed E-state index contributed by atoms with van der Waals surface area (Å²) < 4.78 is 0.994. The van der Waals surface area contributed by atoms with Gasteiger partial charge < -0.3 is 15.8 Å². The quantitative estimate of drug-likeness (QED) is 0.285. The molecule has 1 amide bonds. The monoisotopic (exact) mass is 347 g/mol. The van der Waals surface area contributed by atoms with Crippen LogP contribution in [0.25, 0.3) is 0 Å². The molecule has 0 atom stereocenters. The molecule has 0 heterocycles. The zero-order chi connectivity index (χ0) is 12.8. The summed E-state index contributed by atoms with van der Waals surface area (Å²) in [5, 5.41) is 11.4. The van der Waals surface area contributed by atoms with Gasteiger partial charge in [0, 0.05) is 15.7 Å². The smallest absolute Gasteiger partial charge is 0.254 e. The lowest BCUT2D eigenvalue weighted by atomic mass is 10.2. The van der Waals surface area contributed by atoms with E-state index < -0.39 is 0 Å². The second kappa shape index (κ2) is 6.43. The number of halogens is 1. The number of amides is 1. The molecule has 0 aliphatic heterocycles.